The van der Waals surface area contributed by atoms with E-state index in [1.165, 1.54) is 17.0 Å². The second-order valence-corrected chi connectivity index (χ2v) is 4.67. The number of hydrogen-bond donors (Lipinski definition) is 1. The Kier molecular flexibility index (Phi) is 4.07. The standard InChI is InChI=1S/C13H21N3O/c1-4-17-8-12-15-11-5-6-14-7-10(11)13(16-12)9(2)3/h9,14H,4-8H2,1-3H3. The van der Waals surface area contributed by atoms with Crippen molar-refractivity contribution >= 4 is 0 Å². The van der Waals surface area contributed by atoms with Crippen LogP contribution in [-0.2, 0) is 24.3 Å². The van der Waals surface area contributed by atoms with Crippen LogP contribution in [0.2, 0.25) is 0 Å². The Bertz CT molecular complexity index is 390. The monoisotopic (exact) mass is 235 g/mol. The Morgan fingerprint density at radius 1 is 1.35 bits per heavy atom. The highest BCUT2D eigenvalue weighted by Crippen LogP contribution is 2.22. The van der Waals surface area contributed by atoms with Crippen LogP contribution in [0.25, 0.3) is 0 Å². The first-order valence-electron chi connectivity index (χ1n) is 6.39. The van der Waals surface area contributed by atoms with Crippen LogP contribution in [0.4, 0.5) is 0 Å². The molecule has 0 amide bonds. The number of rotatable bonds is 4. The molecule has 94 valence electrons. The molecular formula is C13H21N3O. The molecule has 0 atom stereocenters. The van der Waals surface area contributed by atoms with Crippen molar-refractivity contribution in [1.29, 1.82) is 0 Å². The van der Waals surface area contributed by atoms with E-state index in [4.69, 9.17) is 4.74 Å². The lowest BCUT2D eigenvalue weighted by molar-refractivity contribution is 0.127. The lowest BCUT2D eigenvalue weighted by Crippen LogP contribution is -2.27. The van der Waals surface area contributed by atoms with E-state index in [0.29, 0.717) is 19.1 Å². The van der Waals surface area contributed by atoms with Crippen LogP contribution in [0.3, 0.4) is 0 Å². The van der Waals surface area contributed by atoms with Gasteiger partial charge in [0.15, 0.2) is 5.82 Å². The molecule has 1 N–H and O–H groups in total. The summed E-state index contributed by atoms with van der Waals surface area (Å²) in [6.45, 7) is 9.50. The van der Waals surface area contributed by atoms with Gasteiger partial charge in [0, 0.05) is 31.7 Å². The minimum atomic E-state index is 0.437. The van der Waals surface area contributed by atoms with Crippen LogP contribution in [0.1, 0.15) is 49.5 Å². The van der Waals surface area contributed by atoms with Gasteiger partial charge in [-0.25, -0.2) is 9.97 Å². The fraction of sp³-hybridized carbons (Fsp3) is 0.692. The normalized spacial score (nSPS) is 15.1. The molecule has 4 heteroatoms. The highest BCUT2D eigenvalue weighted by atomic mass is 16.5. The van der Waals surface area contributed by atoms with Crippen molar-refractivity contribution in [3.8, 4) is 0 Å². The Morgan fingerprint density at radius 2 is 2.18 bits per heavy atom. The van der Waals surface area contributed by atoms with Gasteiger partial charge < -0.3 is 10.1 Å². The summed E-state index contributed by atoms with van der Waals surface area (Å²) in [6, 6.07) is 0. The van der Waals surface area contributed by atoms with E-state index in [1.54, 1.807) is 0 Å². The van der Waals surface area contributed by atoms with E-state index in [1.807, 2.05) is 6.92 Å². The van der Waals surface area contributed by atoms with Crippen molar-refractivity contribution in [3.05, 3.63) is 22.8 Å². The average molecular weight is 235 g/mol. The fourth-order valence-electron chi connectivity index (χ4n) is 2.16. The Labute approximate surface area is 103 Å². The maximum absolute atomic E-state index is 5.40. The first-order chi connectivity index (χ1) is 8.22. The van der Waals surface area contributed by atoms with Crippen LogP contribution in [0.15, 0.2) is 0 Å². The van der Waals surface area contributed by atoms with Crippen LogP contribution in [-0.4, -0.2) is 23.1 Å². The molecule has 0 aliphatic carbocycles. The van der Waals surface area contributed by atoms with Crippen molar-refractivity contribution in [2.75, 3.05) is 13.2 Å². The molecule has 0 bridgehead atoms. The summed E-state index contributed by atoms with van der Waals surface area (Å²) in [6.07, 6.45) is 0.997. The third-order valence-corrected chi connectivity index (χ3v) is 2.99. The van der Waals surface area contributed by atoms with Gasteiger partial charge in [-0.15, -0.1) is 0 Å². The van der Waals surface area contributed by atoms with Gasteiger partial charge in [-0.2, -0.15) is 0 Å². The molecule has 0 unspecified atom stereocenters. The van der Waals surface area contributed by atoms with E-state index in [0.717, 1.165) is 25.3 Å². The zero-order valence-corrected chi connectivity index (χ0v) is 10.9. The zero-order valence-electron chi connectivity index (χ0n) is 10.9. The SMILES string of the molecule is CCOCc1nc2c(c(C(C)C)n1)CNCC2. The predicted molar refractivity (Wildman–Crippen MR) is 66.9 cm³/mol. The minimum absolute atomic E-state index is 0.437. The zero-order chi connectivity index (χ0) is 12.3. The molecule has 0 aromatic carbocycles. The molecule has 1 aliphatic rings. The van der Waals surface area contributed by atoms with Crippen molar-refractivity contribution in [2.24, 2.45) is 0 Å². The van der Waals surface area contributed by atoms with E-state index >= 15 is 0 Å². The van der Waals surface area contributed by atoms with E-state index in [-0.39, 0.29) is 0 Å². The van der Waals surface area contributed by atoms with Crippen molar-refractivity contribution < 1.29 is 4.74 Å². The van der Waals surface area contributed by atoms with Gasteiger partial charge in [0.1, 0.15) is 6.61 Å². The summed E-state index contributed by atoms with van der Waals surface area (Å²) in [4.78, 5) is 9.26. The van der Waals surface area contributed by atoms with E-state index in [9.17, 15) is 0 Å². The van der Waals surface area contributed by atoms with Crippen LogP contribution < -0.4 is 5.32 Å². The molecular weight excluding hydrogens is 214 g/mol. The quantitative estimate of drug-likeness (QED) is 0.864. The molecule has 4 nitrogen and oxygen atoms in total. The molecule has 0 radical (unpaired) electrons. The first kappa shape index (κ1) is 12.5. The molecule has 0 fully saturated rings. The Morgan fingerprint density at radius 3 is 2.88 bits per heavy atom. The lowest BCUT2D eigenvalue weighted by atomic mass is 9.98. The molecule has 17 heavy (non-hydrogen) atoms. The Balaban J connectivity index is 2.34. The molecule has 1 aliphatic heterocycles. The van der Waals surface area contributed by atoms with Crippen molar-refractivity contribution in [1.82, 2.24) is 15.3 Å². The summed E-state index contributed by atoms with van der Waals surface area (Å²) < 4.78 is 5.40. The van der Waals surface area contributed by atoms with Crippen LogP contribution in [0, 0.1) is 0 Å². The van der Waals surface area contributed by atoms with Gasteiger partial charge in [-0.3, -0.25) is 0 Å². The van der Waals surface area contributed by atoms with Crippen molar-refractivity contribution in [2.45, 2.75) is 46.3 Å². The van der Waals surface area contributed by atoms with Gasteiger partial charge in [0.2, 0.25) is 0 Å². The topological polar surface area (TPSA) is 47.0 Å². The highest BCUT2D eigenvalue weighted by Gasteiger charge is 2.18. The number of nitrogens with zero attached hydrogens (tertiary/aromatic N) is 2. The summed E-state index contributed by atoms with van der Waals surface area (Å²) in [5.41, 5.74) is 3.68. The van der Waals surface area contributed by atoms with E-state index in [2.05, 4.69) is 29.1 Å². The molecule has 0 saturated heterocycles. The summed E-state index contributed by atoms with van der Waals surface area (Å²) in [7, 11) is 0. The largest absolute Gasteiger partial charge is 0.374 e. The van der Waals surface area contributed by atoms with Crippen LogP contribution >= 0.6 is 0 Å². The number of nitrogens with one attached hydrogen (secondary N) is 1. The minimum Gasteiger partial charge on any atom is -0.374 e. The first-order valence-corrected chi connectivity index (χ1v) is 6.39. The summed E-state index contributed by atoms with van der Waals surface area (Å²) >= 11 is 0. The number of fused-ring (bicyclic) bond motifs is 1. The third kappa shape index (κ3) is 2.82. The predicted octanol–water partition coefficient (Wildman–Crippen LogP) is 1.78. The third-order valence-electron chi connectivity index (χ3n) is 2.99. The van der Waals surface area contributed by atoms with Gasteiger partial charge in [-0.1, -0.05) is 13.8 Å². The van der Waals surface area contributed by atoms with Gasteiger partial charge in [0.05, 0.1) is 11.4 Å². The molecule has 2 rings (SSSR count). The highest BCUT2D eigenvalue weighted by molar-refractivity contribution is 5.30. The lowest BCUT2D eigenvalue weighted by Gasteiger charge is -2.21. The second-order valence-electron chi connectivity index (χ2n) is 4.67. The van der Waals surface area contributed by atoms with Gasteiger partial charge in [0.25, 0.3) is 0 Å². The molecule has 1 aromatic rings. The molecule has 2 heterocycles. The number of hydrogen-bond acceptors (Lipinski definition) is 4. The second kappa shape index (κ2) is 5.56. The number of aromatic nitrogens is 2. The van der Waals surface area contributed by atoms with Gasteiger partial charge >= 0.3 is 0 Å². The van der Waals surface area contributed by atoms with Crippen LogP contribution in [0.5, 0.6) is 0 Å². The molecule has 0 saturated carbocycles. The average Bonchev–Trinajstić information content (AvgIpc) is 2.35. The summed E-state index contributed by atoms with van der Waals surface area (Å²) in [5, 5.41) is 3.39. The fourth-order valence-corrected chi connectivity index (χ4v) is 2.16. The Hall–Kier alpha value is -1.00. The molecule has 0 spiro atoms. The summed E-state index contributed by atoms with van der Waals surface area (Å²) in [5.74, 6) is 1.27. The van der Waals surface area contributed by atoms with Gasteiger partial charge in [-0.05, 0) is 12.8 Å². The molecule has 1 aromatic heterocycles. The van der Waals surface area contributed by atoms with E-state index < -0.39 is 0 Å². The number of ether oxygens (including phenoxy) is 1. The maximum Gasteiger partial charge on any atom is 0.154 e. The smallest absolute Gasteiger partial charge is 0.154 e. The maximum atomic E-state index is 5.40. The van der Waals surface area contributed by atoms with Crippen molar-refractivity contribution in [3.63, 3.8) is 0 Å².